The maximum atomic E-state index is 12.6. The van der Waals surface area contributed by atoms with Crippen LogP contribution in [0.5, 0.6) is 5.75 Å². The van der Waals surface area contributed by atoms with Crippen molar-refractivity contribution in [3.63, 3.8) is 0 Å². The molecule has 2 amide bonds. The van der Waals surface area contributed by atoms with Crippen molar-refractivity contribution in [1.82, 2.24) is 10.2 Å². The number of aryl methyl sites for hydroxylation is 1. The van der Waals surface area contributed by atoms with E-state index in [0.29, 0.717) is 41.8 Å². The lowest BCUT2D eigenvalue weighted by Crippen LogP contribution is -2.50. The Hall–Kier alpha value is -2.54. The maximum absolute atomic E-state index is 12.6. The minimum absolute atomic E-state index is 0.0285. The van der Waals surface area contributed by atoms with Gasteiger partial charge in [-0.25, -0.2) is 4.79 Å². The summed E-state index contributed by atoms with van der Waals surface area (Å²) in [5.41, 5.74) is 1.86. The largest absolute Gasteiger partial charge is 0.482 e. The molecule has 7 nitrogen and oxygen atoms in total. The van der Waals surface area contributed by atoms with Crippen molar-refractivity contribution >= 4 is 34.4 Å². The van der Waals surface area contributed by atoms with E-state index < -0.39 is 0 Å². The fourth-order valence-corrected chi connectivity index (χ4v) is 4.98. The molecule has 2 atom stereocenters. The number of carbonyl (C=O) groups is 2. The Labute approximate surface area is 171 Å². The van der Waals surface area contributed by atoms with Crippen LogP contribution in [-0.2, 0) is 22.4 Å². The number of amides is 2. The second kappa shape index (κ2) is 7.06. The highest BCUT2D eigenvalue weighted by Gasteiger charge is 2.38. The van der Waals surface area contributed by atoms with Crippen LogP contribution in [0.2, 0.25) is 5.02 Å². The average molecular weight is 417 g/mol. The zero-order valence-corrected chi connectivity index (χ0v) is 16.6. The molecule has 2 aliphatic heterocycles. The normalized spacial score (nSPS) is 23.1. The summed E-state index contributed by atoms with van der Waals surface area (Å²) in [5.74, 6) is 0.530. The van der Waals surface area contributed by atoms with Gasteiger partial charge in [-0.2, -0.15) is 0 Å². The van der Waals surface area contributed by atoms with Crippen molar-refractivity contribution in [1.29, 1.82) is 0 Å². The van der Waals surface area contributed by atoms with E-state index in [9.17, 15) is 14.4 Å². The van der Waals surface area contributed by atoms with Gasteiger partial charge >= 0.3 is 5.63 Å². The molecule has 3 aliphatic rings. The summed E-state index contributed by atoms with van der Waals surface area (Å²) in [4.78, 5) is 38.0. The standard InChI is InChI=1S/C21H21ClN2O5/c22-15-7-14-12-2-1-3-13(12)21(27)29-17(14)8-18(15)28-10-20(26)24-5-4-11-6-19(25)23-16(11)9-24/h7-8,11,16H,1-6,9-10H2,(H,23,25)/t11-,16-/m1/s1. The second-order valence-electron chi connectivity index (χ2n) is 8.03. The van der Waals surface area contributed by atoms with Crippen LogP contribution in [0.3, 0.4) is 0 Å². The van der Waals surface area contributed by atoms with E-state index in [1.807, 2.05) is 0 Å². The molecule has 0 bridgehead atoms. The highest BCUT2D eigenvalue weighted by molar-refractivity contribution is 6.32. The lowest BCUT2D eigenvalue weighted by molar-refractivity contribution is -0.135. The van der Waals surface area contributed by atoms with Crippen LogP contribution < -0.4 is 15.7 Å². The molecule has 1 aromatic carbocycles. The Morgan fingerprint density at radius 2 is 2.10 bits per heavy atom. The molecular weight excluding hydrogens is 396 g/mol. The van der Waals surface area contributed by atoms with Gasteiger partial charge in [0.25, 0.3) is 5.91 Å². The first-order chi connectivity index (χ1) is 14.0. The number of piperidine rings is 1. The SMILES string of the molecule is O=C1C[C@H]2CCN(C(=O)COc3cc4oc(=O)c5c(c4cc3Cl)CCC5)C[C@H]2N1. The van der Waals surface area contributed by atoms with Gasteiger partial charge in [-0.05, 0) is 43.2 Å². The molecule has 2 saturated heterocycles. The molecule has 3 heterocycles. The summed E-state index contributed by atoms with van der Waals surface area (Å²) < 4.78 is 11.1. The Kier molecular flexibility index (Phi) is 4.50. The Morgan fingerprint density at radius 3 is 2.97 bits per heavy atom. The fraction of sp³-hybridized carbons (Fsp3) is 0.476. The number of likely N-dealkylation sites (tertiary alicyclic amines) is 1. The van der Waals surface area contributed by atoms with Crippen molar-refractivity contribution in [3.8, 4) is 5.75 Å². The predicted octanol–water partition coefficient (Wildman–Crippen LogP) is 2.05. The number of ether oxygens (including phenoxy) is 1. The van der Waals surface area contributed by atoms with Crippen LogP contribution in [0.1, 0.15) is 30.4 Å². The van der Waals surface area contributed by atoms with Gasteiger partial charge in [-0.1, -0.05) is 11.6 Å². The highest BCUT2D eigenvalue weighted by atomic mass is 35.5. The van der Waals surface area contributed by atoms with Gasteiger partial charge in [-0.3, -0.25) is 9.59 Å². The van der Waals surface area contributed by atoms with Gasteiger partial charge in [0.2, 0.25) is 5.91 Å². The third-order valence-electron chi connectivity index (χ3n) is 6.28. The van der Waals surface area contributed by atoms with Crippen molar-refractivity contribution in [3.05, 3.63) is 38.7 Å². The zero-order chi connectivity index (χ0) is 20.1. The van der Waals surface area contributed by atoms with E-state index in [2.05, 4.69) is 5.32 Å². The first kappa shape index (κ1) is 18.5. The van der Waals surface area contributed by atoms with Crippen molar-refractivity contribution in [2.24, 2.45) is 5.92 Å². The molecule has 152 valence electrons. The van der Waals surface area contributed by atoms with Crippen molar-refractivity contribution in [2.75, 3.05) is 19.7 Å². The molecule has 2 fully saturated rings. The fourth-order valence-electron chi connectivity index (χ4n) is 4.76. The van der Waals surface area contributed by atoms with Crippen LogP contribution in [-0.4, -0.2) is 42.5 Å². The van der Waals surface area contributed by atoms with Crippen LogP contribution in [0.4, 0.5) is 0 Å². The van der Waals surface area contributed by atoms with Gasteiger partial charge in [0.15, 0.2) is 6.61 Å². The third kappa shape index (κ3) is 3.27. The van der Waals surface area contributed by atoms with Crippen molar-refractivity contribution < 1.29 is 18.7 Å². The summed E-state index contributed by atoms with van der Waals surface area (Å²) in [7, 11) is 0. The number of halogens is 1. The number of benzene rings is 1. The van der Waals surface area contributed by atoms with Gasteiger partial charge < -0.3 is 19.4 Å². The first-order valence-corrected chi connectivity index (χ1v) is 10.4. The Bertz CT molecular complexity index is 1080. The number of hydrogen-bond donors (Lipinski definition) is 1. The molecule has 0 spiro atoms. The van der Waals surface area contributed by atoms with Crippen LogP contribution in [0.15, 0.2) is 21.3 Å². The van der Waals surface area contributed by atoms with Crippen molar-refractivity contribution in [2.45, 2.75) is 38.1 Å². The van der Waals surface area contributed by atoms with Gasteiger partial charge in [0, 0.05) is 42.6 Å². The summed E-state index contributed by atoms with van der Waals surface area (Å²) in [6.45, 7) is 0.960. The topological polar surface area (TPSA) is 88.8 Å². The smallest absolute Gasteiger partial charge is 0.339 e. The van der Waals surface area contributed by atoms with E-state index in [1.165, 1.54) is 0 Å². The quantitative estimate of drug-likeness (QED) is 0.773. The number of rotatable bonds is 3. The lowest BCUT2D eigenvalue weighted by atomic mass is 9.92. The molecule has 1 aromatic heterocycles. The number of hydrogen-bond acceptors (Lipinski definition) is 5. The minimum atomic E-state index is -0.309. The van der Waals surface area contributed by atoms with Crippen LogP contribution in [0.25, 0.3) is 11.0 Å². The zero-order valence-electron chi connectivity index (χ0n) is 15.8. The monoisotopic (exact) mass is 416 g/mol. The summed E-state index contributed by atoms with van der Waals surface area (Å²) in [5, 5.41) is 4.15. The lowest BCUT2D eigenvalue weighted by Gasteiger charge is -2.34. The predicted molar refractivity (Wildman–Crippen MR) is 106 cm³/mol. The maximum Gasteiger partial charge on any atom is 0.339 e. The number of fused-ring (bicyclic) bond motifs is 4. The van der Waals surface area contributed by atoms with E-state index in [-0.39, 0.29) is 30.1 Å². The molecule has 29 heavy (non-hydrogen) atoms. The molecule has 0 unspecified atom stereocenters. The van der Waals surface area contributed by atoms with E-state index >= 15 is 0 Å². The van der Waals surface area contributed by atoms with E-state index in [1.54, 1.807) is 17.0 Å². The molecule has 5 rings (SSSR count). The molecule has 2 aromatic rings. The Balaban J connectivity index is 1.31. The molecule has 1 aliphatic carbocycles. The van der Waals surface area contributed by atoms with E-state index in [0.717, 1.165) is 42.2 Å². The third-order valence-corrected chi connectivity index (χ3v) is 6.58. The first-order valence-electron chi connectivity index (χ1n) is 9.97. The summed E-state index contributed by atoms with van der Waals surface area (Å²) in [6.07, 6.45) is 3.85. The molecule has 1 N–H and O–H groups in total. The van der Waals surface area contributed by atoms with Crippen LogP contribution in [0, 0.1) is 5.92 Å². The number of nitrogens with one attached hydrogen (secondary N) is 1. The molecule has 0 radical (unpaired) electrons. The Morgan fingerprint density at radius 1 is 1.28 bits per heavy atom. The molecule has 8 heteroatoms. The van der Waals surface area contributed by atoms with Gasteiger partial charge in [0.1, 0.15) is 11.3 Å². The average Bonchev–Trinajstić information content (AvgIpc) is 3.32. The van der Waals surface area contributed by atoms with Gasteiger partial charge in [-0.15, -0.1) is 0 Å². The number of carbonyl (C=O) groups excluding carboxylic acids is 2. The summed E-state index contributed by atoms with van der Waals surface area (Å²) in [6, 6.07) is 3.37. The highest BCUT2D eigenvalue weighted by Crippen LogP contribution is 2.35. The molecular formula is C21H21ClN2O5. The minimum Gasteiger partial charge on any atom is -0.482 e. The second-order valence-corrected chi connectivity index (χ2v) is 8.44. The summed E-state index contributed by atoms with van der Waals surface area (Å²) >= 11 is 6.39. The van der Waals surface area contributed by atoms with Crippen LogP contribution >= 0.6 is 11.6 Å². The van der Waals surface area contributed by atoms with E-state index in [4.69, 9.17) is 20.8 Å². The number of nitrogens with zero attached hydrogens (tertiary/aromatic N) is 1. The molecule has 0 saturated carbocycles. The van der Waals surface area contributed by atoms with Gasteiger partial charge in [0.05, 0.1) is 5.02 Å².